The fourth-order valence-corrected chi connectivity index (χ4v) is 3.71. The Kier molecular flexibility index (Phi) is 6.04. The second kappa shape index (κ2) is 8.45. The van der Waals surface area contributed by atoms with Gasteiger partial charge in [0.15, 0.2) is 0 Å². The van der Waals surface area contributed by atoms with Crippen LogP contribution >= 0.6 is 0 Å². The fourth-order valence-electron chi connectivity index (χ4n) is 3.71. The molecule has 6 heteroatoms. The maximum absolute atomic E-state index is 11.8. The number of hydrogen-bond donors (Lipinski definition) is 2. The van der Waals surface area contributed by atoms with Gasteiger partial charge in [0.05, 0.1) is 5.69 Å². The van der Waals surface area contributed by atoms with Crippen molar-refractivity contribution in [1.82, 2.24) is 20.1 Å². The number of aryl methyl sites for hydroxylation is 2. The summed E-state index contributed by atoms with van der Waals surface area (Å²) >= 11 is 0. The van der Waals surface area contributed by atoms with E-state index in [-0.39, 0.29) is 0 Å². The summed E-state index contributed by atoms with van der Waals surface area (Å²) in [4.78, 5) is 16.0. The van der Waals surface area contributed by atoms with E-state index in [1.165, 1.54) is 12.8 Å². The van der Waals surface area contributed by atoms with Crippen LogP contribution in [0.4, 0.5) is 0 Å². The van der Waals surface area contributed by atoms with Crippen molar-refractivity contribution in [2.24, 2.45) is 5.92 Å². The van der Waals surface area contributed by atoms with Gasteiger partial charge in [-0.05, 0) is 49.9 Å². The van der Waals surface area contributed by atoms with E-state index in [4.69, 9.17) is 0 Å². The first-order valence-corrected chi connectivity index (χ1v) is 9.62. The minimum atomic E-state index is -0.888. The van der Waals surface area contributed by atoms with Crippen LogP contribution in [0, 0.1) is 5.92 Å². The van der Waals surface area contributed by atoms with Crippen LogP contribution in [0.1, 0.15) is 54.7 Å². The van der Waals surface area contributed by atoms with Gasteiger partial charge in [-0.25, -0.2) is 4.79 Å². The average molecular weight is 356 g/mol. The highest BCUT2D eigenvalue weighted by Crippen LogP contribution is 2.34. The number of carbonyl (C=O) groups is 1. The smallest absolute Gasteiger partial charge is 0.354 e. The Hall–Kier alpha value is -2.21. The van der Waals surface area contributed by atoms with Crippen molar-refractivity contribution in [3.05, 3.63) is 35.3 Å². The fraction of sp³-hybridized carbons (Fsp3) is 0.550. The Morgan fingerprint density at radius 1 is 1.35 bits per heavy atom. The molecule has 2 aromatic heterocycles. The maximum atomic E-state index is 11.8. The normalized spacial score (nSPS) is 12.9. The third-order valence-electron chi connectivity index (χ3n) is 5.37. The van der Waals surface area contributed by atoms with Crippen molar-refractivity contribution in [1.29, 1.82) is 0 Å². The molecule has 0 aliphatic heterocycles. The number of fused-ring (bicyclic) bond motifs is 3. The predicted octanol–water partition coefficient (Wildman–Crippen LogP) is 3.16. The Bertz CT molecular complexity index is 765. The average Bonchev–Trinajstić information content (AvgIpc) is 3.03. The Labute approximate surface area is 154 Å². The van der Waals surface area contributed by atoms with Crippen LogP contribution in [-0.2, 0) is 19.4 Å². The maximum Gasteiger partial charge on any atom is 0.354 e. The Morgan fingerprint density at radius 2 is 2.15 bits per heavy atom. The number of carboxylic acid groups (broad SMARTS) is 1. The second-order valence-electron chi connectivity index (χ2n) is 6.98. The molecule has 0 amide bonds. The molecule has 2 heterocycles. The third-order valence-corrected chi connectivity index (χ3v) is 5.37. The molecule has 0 atom stereocenters. The van der Waals surface area contributed by atoms with Crippen LogP contribution in [0.15, 0.2) is 18.5 Å². The molecule has 0 radical (unpaired) electrons. The van der Waals surface area contributed by atoms with Crippen LogP contribution in [0.2, 0.25) is 0 Å². The van der Waals surface area contributed by atoms with E-state index in [9.17, 15) is 9.90 Å². The van der Waals surface area contributed by atoms with Gasteiger partial charge in [-0.1, -0.05) is 26.7 Å². The van der Waals surface area contributed by atoms with Crippen molar-refractivity contribution in [2.75, 3.05) is 13.1 Å². The molecule has 1 aliphatic carbocycles. The third kappa shape index (κ3) is 3.80. The van der Waals surface area contributed by atoms with E-state index in [0.717, 1.165) is 48.3 Å². The molecule has 0 saturated heterocycles. The number of aromatic carboxylic acids is 1. The number of rotatable bonds is 9. The molecule has 1 aliphatic rings. The SMILES string of the molecule is CCC(CC)CNCCCn1nc2c(c1C(=O)O)CCc1cnccc1-2. The number of hydrogen-bond acceptors (Lipinski definition) is 4. The van der Waals surface area contributed by atoms with E-state index in [1.54, 1.807) is 10.9 Å². The Balaban J connectivity index is 1.71. The van der Waals surface area contributed by atoms with Gasteiger partial charge in [0, 0.05) is 30.1 Å². The lowest BCUT2D eigenvalue weighted by Gasteiger charge is -2.14. The molecule has 0 spiro atoms. The lowest BCUT2D eigenvalue weighted by atomic mass is 9.90. The summed E-state index contributed by atoms with van der Waals surface area (Å²) in [6.45, 7) is 6.95. The zero-order valence-electron chi connectivity index (χ0n) is 15.7. The lowest BCUT2D eigenvalue weighted by molar-refractivity contribution is 0.0681. The van der Waals surface area contributed by atoms with Crippen molar-refractivity contribution in [2.45, 2.75) is 52.5 Å². The zero-order chi connectivity index (χ0) is 18.5. The molecular weight excluding hydrogens is 328 g/mol. The first-order chi connectivity index (χ1) is 12.7. The lowest BCUT2D eigenvalue weighted by Crippen LogP contribution is -2.24. The molecule has 6 nitrogen and oxygen atoms in total. The van der Waals surface area contributed by atoms with E-state index in [1.807, 2.05) is 12.3 Å². The molecular formula is C20H28N4O2. The highest BCUT2D eigenvalue weighted by Gasteiger charge is 2.27. The van der Waals surface area contributed by atoms with Gasteiger partial charge >= 0.3 is 5.97 Å². The van der Waals surface area contributed by atoms with E-state index in [0.29, 0.717) is 24.6 Å². The second-order valence-corrected chi connectivity index (χ2v) is 6.98. The standard InChI is InChI=1S/C20H28N4O2/c1-3-14(4-2)12-21-9-5-11-24-19(20(25)26)17-7-6-15-13-22-10-8-16(15)18(17)23-24/h8,10,13-14,21H,3-7,9,11-12H2,1-2H3,(H,25,26). The van der Waals surface area contributed by atoms with Gasteiger partial charge < -0.3 is 10.4 Å². The number of pyridine rings is 1. The van der Waals surface area contributed by atoms with Crippen molar-refractivity contribution < 1.29 is 9.90 Å². The number of nitrogens with zero attached hydrogens (tertiary/aromatic N) is 3. The quantitative estimate of drug-likeness (QED) is 0.675. The molecule has 0 bridgehead atoms. The molecule has 0 fully saturated rings. The molecule has 2 N–H and O–H groups in total. The van der Waals surface area contributed by atoms with E-state index >= 15 is 0 Å². The highest BCUT2D eigenvalue weighted by molar-refractivity contribution is 5.90. The van der Waals surface area contributed by atoms with Crippen molar-refractivity contribution in [3.8, 4) is 11.3 Å². The highest BCUT2D eigenvalue weighted by atomic mass is 16.4. The van der Waals surface area contributed by atoms with Crippen molar-refractivity contribution in [3.63, 3.8) is 0 Å². The van der Waals surface area contributed by atoms with Gasteiger partial charge in [0.25, 0.3) is 0 Å². The van der Waals surface area contributed by atoms with Crippen LogP contribution in [0.5, 0.6) is 0 Å². The van der Waals surface area contributed by atoms with E-state index in [2.05, 4.69) is 29.2 Å². The molecule has 0 saturated carbocycles. The molecule has 0 aromatic carbocycles. The van der Waals surface area contributed by atoms with Crippen molar-refractivity contribution >= 4 is 5.97 Å². The molecule has 26 heavy (non-hydrogen) atoms. The number of carboxylic acids is 1. The molecule has 140 valence electrons. The number of aromatic nitrogens is 3. The summed E-state index contributed by atoms with van der Waals surface area (Å²) in [5.74, 6) is -0.173. The largest absolute Gasteiger partial charge is 0.477 e. The van der Waals surface area contributed by atoms with Gasteiger partial charge in [-0.3, -0.25) is 9.67 Å². The summed E-state index contributed by atoms with van der Waals surface area (Å²) < 4.78 is 1.68. The zero-order valence-corrected chi connectivity index (χ0v) is 15.7. The first kappa shape index (κ1) is 18.6. The molecule has 0 unspecified atom stereocenters. The van der Waals surface area contributed by atoms with E-state index < -0.39 is 5.97 Å². The van der Waals surface area contributed by atoms with Crippen LogP contribution in [0.3, 0.4) is 0 Å². The summed E-state index contributed by atoms with van der Waals surface area (Å²) in [7, 11) is 0. The Morgan fingerprint density at radius 3 is 2.88 bits per heavy atom. The predicted molar refractivity (Wildman–Crippen MR) is 101 cm³/mol. The monoisotopic (exact) mass is 356 g/mol. The minimum Gasteiger partial charge on any atom is -0.477 e. The summed E-state index contributed by atoms with van der Waals surface area (Å²) in [5, 5.41) is 17.9. The molecule has 2 aromatic rings. The summed E-state index contributed by atoms with van der Waals surface area (Å²) in [6.07, 6.45) is 8.38. The number of nitrogens with one attached hydrogen (secondary N) is 1. The topological polar surface area (TPSA) is 80.0 Å². The van der Waals surface area contributed by atoms with Crippen LogP contribution in [-0.4, -0.2) is 38.9 Å². The van der Waals surface area contributed by atoms with Gasteiger partial charge in [0.1, 0.15) is 5.69 Å². The van der Waals surface area contributed by atoms with Gasteiger partial charge in [-0.15, -0.1) is 0 Å². The summed E-state index contributed by atoms with van der Waals surface area (Å²) in [6, 6.07) is 1.94. The van der Waals surface area contributed by atoms with Crippen LogP contribution < -0.4 is 5.32 Å². The van der Waals surface area contributed by atoms with Crippen LogP contribution in [0.25, 0.3) is 11.3 Å². The minimum absolute atomic E-state index is 0.349. The first-order valence-electron chi connectivity index (χ1n) is 9.62. The van der Waals surface area contributed by atoms with Gasteiger partial charge in [-0.2, -0.15) is 5.10 Å². The molecule has 3 rings (SSSR count). The van der Waals surface area contributed by atoms with Gasteiger partial charge in [0.2, 0.25) is 0 Å². The summed E-state index contributed by atoms with van der Waals surface area (Å²) in [5.41, 5.74) is 4.20.